The first-order chi connectivity index (χ1) is 27.2. The third kappa shape index (κ3) is 4.86. The van der Waals surface area contributed by atoms with Crippen LogP contribution in [0.25, 0.3) is 110 Å². The van der Waals surface area contributed by atoms with Crippen molar-refractivity contribution < 1.29 is 4.42 Å². The monoisotopic (exact) mass is 698 g/mol. The van der Waals surface area contributed by atoms with E-state index < -0.39 is 0 Å². The summed E-state index contributed by atoms with van der Waals surface area (Å²) in [4.78, 5) is 4.70. The molecule has 0 aliphatic heterocycles. The molecule has 11 aromatic rings. The molecule has 11 rings (SSSR count). The summed E-state index contributed by atoms with van der Waals surface area (Å²) >= 11 is 0. The summed E-state index contributed by atoms with van der Waals surface area (Å²) in [5.74, 6) is 0. The molecule has 0 atom stereocenters. The number of benzene rings is 9. The van der Waals surface area contributed by atoms with Gasteiger partial charge in [-0.25, -0.2) is 0 Å². The maximum Gasteiger partial charge on any atom is 0.153 e. The molecule has 3 heteroatoms. The average molecular weight is 699 g/mol. The fourth-order valence-corrected chi connectivity index (χ4v) is 8.56. The Balaban J connectivity index is 1.04. The molecule has 2 heterocycles. The highest BCUT2D eigenvalue weighted by molar-refractivity contribution is 6.24. The van der Waals surface area contributed by atoms with Gasteiger partial charge in [-0.3, -0.25) is 4.98 Å². The number of rotatable bonds is 4. The van der Waals surface area contributed by atoms with Crippen LogP contribution in [0.3, 0.4) is 0 Å². The maximum absolute atomic E-state index is 9.71. The van der Waals surface area contributed by atoms with Crippen molar-refractivity contribution in [3.63, 3.8) is 0 Å². The Kier molecular flexibility index (Phi) is 6.92. The van der Waals surface area contributed by atoms with Crippen molar-refractivity contribution >= 4 is 65.2 Å². The highest BCUT2D eigenvalue weighted by Gasteiger charge is 2.17. The number of fused-ring (bicyclic) bond motifs is 9. The Labute approximate surface area is 317 Å². The molecule has 2 aromatic heterocycles. The second-order valence-corrected chi connectivity index (χ2v) is 14.1. The van der Waals surface area contributed by atoms with Gasteiger partial charge >= 0.3 is 0 Å². The number of hydrogen-bond donors (Lipinski definition) is 0. The summed E-state index contributed by atoms with van der Waals surface area (Å²) in [5.41, 5.74) is 12.1. The molecule has 0 amide bonds. The molecule has 254 valence electrons. The molecular formula is C52H30N2O. The van der Waals surface area contributed by atoms with Gasteiger partial charge in [0.2, 0.25) is 0 Å². The summed E-state index contributed by atoms with van der Waals surface area (Å²) in [6, 6.07) is 64.8. The van der Waals surface area contributed by atoms with Crippen LogP contribution >= 0.6 is 0 Å². The largest absolute Gasteiger partial charge is 0.454 e. The zero-order chi connectivity index (χ0) is 36.5. The van der Waals surface area contributed by atoms with E-state index in [0.29, 0.717) is 11.1 Å². The first-order valence-corrected chi connectivity index (χ1v) is 18.5. The van der Waals surface area contributed by atoms with E-state index in [4.69, 9.17) is 9.40 Å². The van der Waals surface area contributed by atoms with Gasteiger partial charge in [0, 0.05) is 33.5 Å². The van der Waals surface area contributed by atoms with Gasteiger partial charge in [-0.1, -0.05) is 152 Å². The van der Waals surface area contributed by atoms with Crippen LogP contribution in [0.15, 0.2) is 187 Å². The molecule has 0 radical (unpaired) electrons. The van der Waals surface area contributed by atoms with E-state index in [9.17, 15) is 5.26 Å². The molecule has 0 aliphatic carbocycles. The van der Waals surface area contributed by atoms with Gasteiger partial charge in [-0.2, -0.15) is 5.26 Å². The predicted molar refractivity (Wildman–Crippen MR) is 228 cm³/mol. The average Bonchev–Trinajstić information content (AvgIpc) is 3.65. The Bertz CT molecular complexity index is 3360. The number of pyridine rings is 1. The van der Waals surface area contributed by atoms with Crippen LogP contribution in [0.4, 0.5) is 0 Å². The minimum Gasteiger partial charge on any atom is -0.454 e. The highest BCUT2D eigenvalue weighted by Crippen LogP contribution is 2.43. The Hall–Kier alpha value is -7.54. The zero-order valence-corrected chi connectivity index (χ0v) is 29.6. The van der Waals surface area contributed by atoms with E-state index in [-0.39, 0.29) is 0 Å². The molecule has 0 unspecified atom stereocenters. The van der Waals surface area contributed by atoms with Crippen molar-refractivity contribution in [1.82, 2.24) is 4.98 Å². The molecule has 0 saturated heterocycles. The standard InChI is InChI=1S/C52H30N2O/c53-31-37-10-6-18-44-45-19-7-17-39(52(45)55-51(37)44)33-22-26-35(27-23-33)47-30-49-42-14-3-1-12-40(42)46(29-48(49)43-15-4-2-13-41(43)47)34-24-20-32(21-25-34)38-16-5-9-36-11-8-28-54-50(36)38/h1-30H. The lowest BCUT2D eigenvalue weighted by Crippen LogP contribution is -1.90. The number of aromatic nitrogens is 1. The molecule has 0 bridgehead atoms. The number of furan rings is 1. The number of nitriles is 1. The first kappa shape index (κ1) is 31.0. The van der Waals surface area contributed by atoms with E-state index in [0.717, 1.165) is 55.1 Å². The van der Waals surface area contributed by atoms with Crippen LogP contribution in [0.2, 0.25) is 0 Å². The van der Waals surface area contributed by atoms with E-state index in [2.05, 4.69) is 158 Å². The summed E-state index contributed by atoms with van der Waals surface area (Å²) in [5, 5.41) is 20.2. The molecule has 0 saturated carbocycles. The fourth-order valence-electron chi connectivity index (χ4n) is 8.56. The first-order valence-electron chi connectivity index (χ1n) is 18.5. The molecule has 3 nitrogen and oxygen atoms in total. The summed E-state index contributed by atoms with van der Waals surface area (Å²) in [7, 11) is 0. The normalized spacial score (nSPS) is 11.6. The second-order valence-electron chi connectivity index (χ2n) is 14.1. The van der Waals surface area contributed by atoms with Gasteiger partial charge < -0.3 is 4.42 Å². The zero-order valence-electron chi connectivity index (χ0n) is 29.6. The lowest BCUT2D eigenvalue weighted by atomic mass is 9.87. The van der Waals surface area contributed by atoms with E-state index in [1.807, 2.05) is 24.4 Å². The van der Waals surface area contributed by atoms with Crippen molar-refractivity contribution in [3.8, 4) is 50.6 Å². The molecule has 0 aliphatic rings. The molecular weight excluding hydrogens is 669 g/mol. The number of hydrogen-bond acceptors (Lipinski definition) is 3. The van der Waals surface area contributed by atoms with Crippen molar-refractivity contribution in [2.24, 2.45) is 0 Å². The SMILES string of the molecule is N#Cc1cccc2c1oc1c(-c3ccc(-c4cc5c6ccccc6c(-c6ccc(-c7cccc8cccnc78)cc6)cc5c5ccccc45)cc3)cccc12. The van der Waals surface area contributed by atoms with Crippen LogP contribution in [0.1, 0.15) is 5.56 Å². The van der Waals surface area contributed by atoms with Gasteiger partial charge in [-0.05, 0) is 90.0 Å². The van der Waals surface area contributed by atoms with Gasteiger partial charge in [0.05, 0.1) is 11.1 Å². The van der Waals surface area contributed by atoms with Gasteiger partial charge in [0.25, 0.3) is 0 Å². The minimum atomic E-state index is 0.547. The fraction of sp³-hybridized carbons (Fsp3) is 0. The number of para-hydroxylation sites is 3. The third-order valence-electron chi connectivity index (χ3n) is 11.2. The van der Waals surface area contributed by atoms with Crippen molar-refractivity contribution in [3.05, 3.63) is 188 Å². The summed E-state index contributed by atoms with van der Waals surface area (Å²) in [6.07, 6.45) is 1.86. The van der Waals surface area contributed by atoms with Crippen LogP contribution < -0.4 is 0 Å². The lowest BCUT2D eigenvalue weighted by Gasteiger charge is -2.16. The Morgan fingerprint density at radius 3 is 1.47 bits per heavy atom. The predicted octanol–water partition coefficient (Wildman–Crippen LogP) is 14.1. The van der Waals surface area contributed by atoms with Crippen molar-refractivity contribution in [2.45, 2.75) is 0 Å². The van der Waals surface area contributed by atoms with Crippen LogP contribution in [-0.2, 0) is 0 Å². The highest BCUT2D eigenvalue weighted by atomic mass is 16.3. The van der Waals surface area contributed by atoms with Gasteiger partial charge in [0.15, 0.2) is 5.58 Å². The summed E-state index contributed by atoms with van der Waals surface area (Å²) < 4.78 is 6.38. The van der Waals surface area contributed by atoms with E-state index in [1.54, 1.807) is 6.07 Å². The molecule has 0 spiro atoms. The smallest absolute Gasteiger partial charge is 0.153 e. The van der Waals surface area contributed by atoms with Crippen LogP contribution in [0.5, 0.6) is 0 Å². The van der Waals surface area contributed by atoms with Crippen molar-refractivity contribution in [2.75, 3.05) is 0 Å². The second kappa shape index (κ2) is 12.3. The third-order valence-corrected chi connectivity index (χ3v) is 11.2. The van der Waals surface area contributed by atoms with Gasteiger partial charge in [-0.15, -0.1) is 0 Å². The lowest BCUT2D eigenvalue weighted by molar-refractivity contribution is 0.668. The molecule has 55 heavy (non-hydrogen) atoms. The quantitative estimate of drug-likeness (QED) is 0.172. The Morgan fingerprint density at radius 2 is 0.855 bits per heavy atom. The molecule has 9 aromatic carbocycles. The van der Waals surface area contributed by atoms with E-state index in [1.165, 1.54) is 49.0 Å². The topological polar surface area (TPSA) is 49.8 Å². The summed E-state index contributed by atoms with van der Waals surface area (Å²) in [6.45, 7) is 0. The number of nitrogens with zero attached hydrogens (tertiary/aromatic N) is 2. The minimum absolute atomic E-state index is 0.547. The van der Waals surface area contributed by atoms with Crippen LogP contribution in [-0.4, -0.2) is 4.98 Å². The van der Waals surface area contributed by atoms with E-state index >= 15 is 0 Å². The van der Waals surface area contributed by atoms with Crippen LogP contribution in [0, 0.1) is 11.3 Å². The van der Waals surface area contributed by atoms with Gasteiger partial charge in [0.1, 0.15) is 11.7 Å². The molecule has 0 N–H and O–H groups in total. The Morgan fingerprint density at radius 1 is 0.382 bits per heavy atom. The molecule has 0 fully saturated rings. The maximum atomic E-state index is 9.71. The van der Waals surface area contributed by atoms with Crippen molar-refractivity contribution in [1.29, 1.82) is 5.26 Å².